The van der Waals surface area contributed by atoms with Crippen LogP contribution in [0.3, 0.4) is 0 Å². The molecule has 1 aromatic carbocycles. The highest BCUT2D eigenvalue weighted by Crippen LogP contribution is 2.39. The van der Waals surface area contributed by atoms with E-state index in [9.17, 15) is 18.3 Å². The van der Waals surface area contributed by atoms with Crippen LogP contribution in [0.15, 0.2) is 12.1 Å². The first-order chi connectivity index (χ1) is 14.1. The normalized spacial score (nSPS) is 13.4. The SMILES string of the molecule is CCCCCCCCC(CCCCc1cc(F)c(F)cc1F)C(O)(C(C)C)C(C)C. The third-order valence-electron chi connectivity index (χ3n) is 6.75. The number of aliphatic hydroxyl groups is 1. The van der Waals surface area contributed by atoms with E-state index in [1.807, 2.05) is 0 Å². The van der Waals surface area contributed by atoms with Crippen molar-refractivity contribution < 1.29 is 18.3 Å². The van der Waals surface area contributed by atoms with Crippen LogP contribution in [0.2, 0.25) is 0 Å². The zero-order valence-electron chi connectivity index (χ0n) is 19.7. The number of halogens is 3. The summed E-state index contributed by atoms with van der Waals surface area (Å²) >= 11 is 0. The van der Waals surface area contributed by atoms with Crippen LogP contribution in [0.5, 0.6) is 0 Å². The first-order valence-corrected chi connectivity index (χ1v) is 12.0. The molecule has 0 aliphatic heterocycles. The minimum absolute atomic E-state index is 0.159. The Morgan fingerprint density at radius 3 is 1.80 bits per heavy atom. The number of aryl methyl sites for hydroxylation is 1. The predicted octanol–water partition coefficient (Wildman–Crippen LogP) is 8.23. The first kappa shape index (κ1) is 27.0. The third kappa shape index (κ3) is 7.90. The molecule has 1 aromatic rings. The summed E-state index contributed by atoms with van der Waals surface area (Å²) in [6, 6.07) is 1.60. The predicted molar refractivity (Wildman–Crippen MR) is 120 cm³/mol. The molecule has 0 radical (unpaired) electrons. The van der Waals surface area contributed by atoms with Gasteiger partial charge in [-0.3, -0.25) is 0 Å². The molecule has 1 rings (SSSR count). The van der Waals surface area contributed by atoms with Crippen molar-refractivity contribution in [3.05, 3.63) is 35.1 Å². The highest BCUT2D eigenvalue weighted by molar-refractivity contribution is 5.20. The Morgan fingerprint density at radius 1 is 0.733 bits per heavy atom. The largest absolute Gasteiger partial charge is 0.389 e. The molecule has 1 N–H and O–H groups in total. The maximum Gasteiger partial charge on any atom is 0.161 e. The molecule has 1 atom stereocenters. The van der Waals surface area contributed by atoms with Crippen LogP contribution in [0.25, 0.3) is 0 Å². The molecule has 0 bridgehead atoms. The van der Waals surface area contributed by atoms with Crippen LogP contribution in [0, 0.1) is 35.2 Å². The lowest BCUT2D eigenvalue weighted by molar-refractivity contribution is -0.102. The van der Waals surface area contributed by atoms with E-state index in [1.165, 1.54) is 32.1 Å². The summed E-state index contributed by atoms with van der Waals surface area (Å²) < 4.78 is 40.4. The Labute approximate surface area is 182 Å². The fourth-order valence-corrected chi connectivity index (χ4v) is 4.85. The average molecular weight is 429 g/mol. The van der Waals surface area contributed by atoms with E-state index in [4.69, 9.17) is 0 Å². The molecule has 0 aliphatic carbocycles. The van der Waals surface area contributed by atoms with Crippen molar-refractivity contribution in [1.29, 1.82) is 0 Å². The first-order valence-electron chi connectivity index (χ1n) is 12.0. The maximum atomic E-state index is 13.9. The molecule has 0 spiro atoms. The van der Waals surface area contributed by atoms with Crippen LogP contribution in [-0.4, -0.2) is 10.7 Å². The summed E-state index contributed by atoms with van der Waals surface area (Å²) in [5, 5.41) is 11.5. The van der Waals surface area contributed by atoms with E-state index in [0.717, 1.165) is 31.7 Å². The van der Waals surface area contributed by atoms with Crippen LogP contribution >= 0.6 is 0 Å². The monoisotopic (exact) mass is 428 g/mol. The van der Waals surface area contributed by atoms with Gasteiger partial charge in [0, 0.05) is 6.07 Å². The van der Waals surface area contributed by atoms with Gasteiger partial charge in [0.15, 0.2) is 11.6 Å². The lowest BCUT2D eigenvalue weighted by atomic mass is 9.68. The van der Waals surface area contributed by atoms with Gasteiger partial charge in [-0.25, -0.2) is 13.2 Å². The van der Waals surface area contributed by atoms with Crippen molar-refractivity contribution >= 4 is 0 Å². The summed E-state index contributed by atoms with van der Waals surface area (Å²) in [5.41, 5.74) is -0.499. The maximum absolute atomic E-state index is 13.9. The molecule has 174 valence electrons. The van der Waals surface area contributed by atoms with E-state index in [2.05, 4.69) is 34.6 Å². The van der Waals surface area contributed by atoms with Crippen molar-refractivity contribution in [3.8, 4) is 0 Å². The molecule has 0 saturated heterocycles. The average Bonchev–Trinajstić information content (AvgIpc) is 2.68. The van der Waals surface area contributed by atoms with Crippen LogP contribution < -0.4 is 0 Å². The number of benzene rings is 1. The molecule has 0 aliphatic rings. The fraction of sp³-hybridized carbons (Fsp3) is 0.769. The van der Waals surface area contributed by atoms with Crippen LogP contribution in [-0.2, 0) is 6.42 Å². The van der Waals surface area contributed by atoms with Gasteiger partial charge in [0.1, 0.15) is 5.82 Å². The highest BCUT2D eigenvalue weighted by atomic mass is 19.2. The van der Waals surface area contributed by atoms with Gasteiger partial charge in [-0.05, 0) is 55.1 Å². The summed E-state index contributed by atoms with van der Waals surface area (Å²) in [4.78, 5) is 0. The Balaban J connectivity index is 2.67. The highest BCUT2D eigenvalue weighted by Gasteiger charge is 2.41. The van der Waals surface area contributed by atoms with Crippen molar-refractivity contribution in [2.24, 2.45) is 17.8 Å². The zero-order valence-corrected chi connectivity index (χ0v) is 19.7. The second-order valence-corrected chi connectivity index (χ2v) is 9.55. The number of hydrogen-bond donors (Lipinski definition) is 1. The van der Waals surface area contributed by atoms with Crippen LogP contribution in [0.1, 0.15) is 104 Å². The van der Waals surface area contributed by atoms with E-state index >= 15 is 0 Å². The van der Waals surface area contributed by atoms with Gasteiger partial charge >= 0.3 is 0 Å². The van der Waals surface area contributed by atoms with E-state index in [0.29, 0.717) is 18.9 Å². The van der Waals surface area contributed by atoms with Gasteiger partial charge in [-0.15, -0.1) is 0 Å². The Hall–Kier alpha value is -1.03. The van der Waals surface area contributed by atoms with Crippen molar-refractivity contribution in [2.75, 3.05) is 0 Å². The Kier molecular flexibility index (Phi) is 12.1. The van der Waals surface area contributed by atoms with E-state index < -0.39 is 23.1 Å². The van der Waals surface area contributed by atoms with E-state index in [-0.39, 0.29) is 23.3 Å². The second-order valence-electron chi connectivity index (χ2n) is 9.55. The topological polar surface area (TPSA) is 20.2 Å². The molecule has 0 amide bonds. The molecule has 0 saturated carbocycles. The molecular formula is C26H43F3O. The molecule has 0 fully saturated rings. The van der Waals surface area contributed by atoms with Gasteiger partial charge in [-0.2, -0.15) is 0 Å². The lowest BCUT2D eigenvalue weighted by Gasteiger charge is -2.43. The van der Waals surface area contributed by atoms with Crippen molar-refractivity contribution in [3.63, 3.8) is 0 Å². The van der Waals surface area contributed by atoms with E-state index in [1.54, 1.807) is 0 Å². The van der Waals surface area contributed by atoms with Crippen molar-refractivity contribution in [2.45, 2.75) is 111 Å². The number of hydrogen-bond acceptors (Lipinski definition) is 1. The smallest absolute Gasteiger partial charge is 0.161 e. The van der Waals surface area contributed by atoms with Gasteiger partial charge < -0.3 is 5.11 Å². The Bertz CT molecular complexity index is 605. The number of rotatable bonds is 15. The minimum Gasteiger partial charge on any atom is -0.389 e. The van der Waals surface area contributed by atoms with Gasteiger partial charge in [0.2, 0.25) is 0 Å². The summed E-state index contributed by atoms with van der Waals surface area (Å²) in [5.74, 6) is -2.31. The second kappa shape index (κ2) is 13.4. The molecule has 1 nitrogen and oxygen atoms in total. The lowest BCUT2D eigenvalue weighted by Crippen LogP contribution is -2.47. The molecule has 4 heteroatoms. The minimum atomic E-state index is -1.14. The molecule has 0 aromatic heterocycles. The van der Waals surface area contributed by atoms with Gasteiger partial charge in [0.25, 0.3) is 0 Å². The number of unbranched alkanes of at least 4 members (excludes halogenated alkanes) is 6. The standard InChI is InChI=1S/C26H43F3O/c1-6-7-8-9-10-11-15-22(26(30,19(2)3)20(4)5)16-13-12-14-21-17-24(28)25(29)18-23(21)27/h17-20,22,30H,6-16H2,1-5H3. The Morgan fingerprint density at radius 2 is 1.23 bits per heavy atom. The fourth-order valence-electron chi connectivity index (χ4n) is 4.85. The summed E-state index contributed by atoms with van der Waals surface area (Å²) in [6.45, 7) is 10.6. The molecule has 1 unspecified atom stereocenters. The quantitative estimate of drug-likeness (QED) is 0.220. The summed E-state index contributed by atoms with van der Waals surface area (Å²) in [6.07, 6.45) is 11.1. The third-order valence-corrected chi connectivity index (χ3v) is 6.75. The summed E-state index contributed by atoms with van der Waals surface area (Å²) in [7, 11) is 0. The molecular weight excluding hydrogens is 385 g/mol. The van der Waals surface area contributed by atoms with Crippen LogP contribution in [0.4, 0.5) is 13.2 Å². The molecule has 30 heavy (non-hydrogen) atoms. The van der Waals surface area contributed by atoms with Crippen molar-refractivity contribution in [1.82, 2.24) is 0 Å². The molecule has 0 heterocycles. The zero-order chi connectivity index (χ0) is 22.7. The van der Waals surface area contributed by atoms with Gasteiger partial charge in [-0.1, -0.05) is 79.6 Å². The van der Waals surface area contributed by atoms with Gasteiger partial charge in [0.05, 0.1) is 5.60 Å².